The van der Waals surface area contributed by atoms with E-state index in [1.807, 2.05) is 12.1 Å². The van der Waals surface area contributed by atoms with Gasteiger partial charge in [-0.15, -0.1) is 0 Å². The third-order valence-electron chi connectivity index (χ3n) is 2.19. The van der Waals surface area contributed by atoms with Crippen molar-refractivity contribution in [1.29, 1.82) is 0 Å². The van der Waals surface area contributed by atoms with Crippen LogP contribution < -0.4 is 11.3 Å². The van der Waals surface area contributed by atoms with Crippen LogP contribution in [0.5, 0.6) is 0 Å². The van der Waals surface area contributed by atoms with Crippen LogP contribution >= 0.6 is 11.6 Å². The SMILES string of the molecule is NNc1cc(Cl)ccc1C1CC1. The zero-order valence-corrected chi connectivity index (χ0v) is 7.43. The van der Waals surface area contributed by atoms with Gasteiger partial charge in [0.05, 0.1) is 5.69 Å². The van der Waals surface area contributed by atoms with E-state index in [2.05, 4.69) is 11.5 Å². The standard InChI is InChI=1S/C9H11ClN2/c10-7-3-4-8(6-1-2-6)9(5-7)12-11/h3-6,12H,1-2,11H2. The van der Waals surface area contributed by atoms with E-state index < -0.39 is 0 Å². The highest BCUT2D eigenvalue weighted by atomic mass is 35.5. The fourth-order valence-corrected chi connectivity index (χ4v) is 1.58. The highest BCUT2D eigenvalue weighted by Crippen LogP contribution is 2.43. The molecule has 1 saturated carbocycles. The molecule has 0 spiro atoms. The number of hydrazine groups is 1. The fourth-order valence-electron chi connectivity index (χ4n) is 1.40. The Kier molecular flexibility index (Phi) is 1.95. The summed E-state index contributed by atoms with van der Waals surface area (Å²) in [6, 6.07) is 5.83. The van der Waals surface area contributed by atoms with Gasteiger partial charge in [0.25, 0.3) is 0 Å². The van der Waals surface area contributed by atoms with Gasteiger partial charge >= 0.3 is 0 Å². The maximum atomic E-state index is 5.83. The van der Waals surface area contributed by atoms with Crippen LogP contribution in [0.4, 0.5) is 5.69 Å². The molecule has 12 heavy (non-hydrogen) atoms. The van der Waals surface area contributed by atoms with Crippen molar-refractivity contribution in [2.75, 3.05) is 5.43 Å². The average Bonchev–Trinajstić information content (AvgIpc) is 2.87. The summed E-state index contributed by atoms with van der Waals surface area (Å²) in [6.45, 7) is 0. The van der Waals surface area contributed by atoms with Gasteiger partial charge in [-0.2, -0.15) is 0 Å². The monoisotopic (exact) mass is 182 g/mol. The number of benzene rings is 1. The van der Waals surface area contributed by atoms with E-state index in [1.54, 1.807) is 0 Å². The van der Waals surface area contributed by atoms with Crippen molar-refractivity contribution in [3.05, 3.63) is 28.8 Å². The average molecular weight is 183 g/mol. The number of nitrogens with one attached hydrogen (secondary N) is 1. The molecule has 1 aromatic carbocycles. The molecule has 0 radical (unpaired) electrons. The minimum Gasteiger partial charge on any atom is -0.324 e. The second kappa shape index (κ2) is 2.96. The Bertz CT molecular complexity index is 295. The quantitative estimate of drug-likeness (QED) is 0.545. The summed E-state index contributed by atoms with van der Waals surface area (Å²) in [4.78, 5) is 0. The first-order valence-electron chi connectivity index (χ1n) is 4.07. The van der Waals surface area contributed by atoms with E-state index in [0.717, 1.165) is 10.7 Å². The predicted octanol–water partition coefficient (Wildman–Crippen LogP) is 2.50. The first kappa shape index (κ1) is 7.90. The molecule has 64 valence electrons. The number of hydrogen-bond donors (Lipinski definition) is 2. The second-order valence-corrected chi connectivity index (χ2v) is 3.59. The first-order valence-corrected chi connectivity index (χ1v) is 4.45. The third kappa shape index (κ3) is 1.40. The van der Waals surface area contributed by atoms with Gasteiger partial charge in [-0.3, -0.25) is 5.84 Å². The minimum atomic E-state index is 0.702. The van der Waals surface area contributed by atoms with Crippen LogP contribution in [-0.4, -0.2) is 0 Å². The second-order valence-electron chi connectivity index (χ2n) is 3.15. The van der Waals surface area contributed by atoms with Crippen molar-refractivity contribution in [2.24, 2.45) is 5.84 Å². The van der Waals surface area contributed by atoms with Crippen molar-refractivity contribution in [3.8, 4) is 0 Å². The Morgan fingerprint density at radius 3 is 2.75 bits per heavy atom. The molecule has 1 aliphatic rings. The molecule has 1 fully saturated rings. The Hall–Kier alpha value is -0.730. The van der Waals surface area contributed by atoms with Gasteiger partial charge in [0.2, 0.25) is 0 Å². The minimum absolute atomic E-state index is 0.702. The number of nitrogens with two attached hydrogens (primary N) is 1. The highest BCUT2D eigenvalue weighted by Gasteiger charge is 2.25. The maximum Gasteiger partial charge on any atom is 0.0534 e. The molecule has 1 aromatic rings. The molecule has 2 nitrogen and oxygen atoms in total. The van der Waals surface area contributed by atoms with Crippen LogP contribution in [0.25, 0.3) is 0 Å². The topological polar surface area (TPSA) is 38.0 Å². The number of rotatable bonds is 2. The summed E-state index contributed by atoms with van der Waals surface area (Å²) in [5.74, 6) is 6.08. The van der Waals surface area contributed by atoms with E-state index in [-0.39, 0.29) is 0 Å². The van der Waals surface area contributed by atoms with Gasteiger partial charge in [0.1, 0.15) is 0 Å². The van der Waals surface area contributed by atoms with Crippen molar-refractivity contribution >= 4 is 17.3 Å². The summed E-state index contributed by atoms with van der Waals surface area (Å²) in [5.41, 5.74) is 4.93. The molecule has 3 N–H and O–H groups in total. The molecular formula is C9H11ClN2. The first-order chi connectivity index (χ1) is 5.81. The summed E-state index contributed by atoms with van der Waals surface area (Å²) in [6.07, 6.45) is 2.55. The van der Waals surface area contributed by atoms with Crippen molar-refractivity contribution in [2.45, 2.75) is 18.8 Å². The Labute approximate surface area is 76.7 Å². The van der Waals surface area contributed by atoms with Gasteiger partial charge in [0, 0.05) is 5.02 Å². The highest BCUT2D eigenvalue weighted by molar-refractivity contribution is 6.30. The Balaban J connectivity index is 2.38. The lowest BCUT2D eigenvalue weighted by molar-refractivity contribution is 1.12. The molecule has 0 atom stereocenters. The van der Waals surface area contributed by atoms with Crippen molar-refractivity contribution in [1.82, 2.24) is 0 Å². The fraction of sp³-hybridized carbons (Fsp3) is 0.333. The lowest BCUT2D eigenvalue weighted by atomic mass is 10.1. The van der Waals surface area contributed by atoms with E-state index in [4.69, 9.17) is 17.4 Å². The van der Waals surface area contributed by atoms with Crippen LogP contribution in [0, 0.1) is 0 Å². The zero-order valence-electron chi connectivity index (χ0n) is 6.68. The summed E-state index contributed by atoms with van der Waals surface area (Å²) in [5, 5.41) is 0.729. The van der Waals surface area contributed by atoms with Crippen LogP contribution in [-0.2, 0) is 0 Å². The number of halogens is 1. The summed E-state index contributed by atoms with van der Waals surface area (Å²) >= 11 is 5.83. The molecule has 0 aliphatic heterocycles. The van der Waals surface area contributed by atoms with E-state index in [9.17, 15) is 0 Å². The summed E-state index contributed by atoms with van der Waals surface area (Å²) < 4.78 is 0. The Morgan fingerprint density at radius 1 is 1.42 bits per heavy atom. The lowest BCUT2D eigenvalue weighted by Crippen LogP contribution is -2.08. The molecule has 0 saturated heterocycles. The molecule has 1 aliphatic carbocycles. The summed E-state index contributed by atoms with van der Waals surface area (Å²) in [7, 11) is 0. The normalized spacial score (nSPS) is 16.2. The van der Waals surface area contributed by atoms with E-state index in [1.165, 1.54) is 18.4 Å². The van der Waals surface area contributed by atoms with Crippen LogP contribution in [0.1, 0.15) is 24.3 Å². The molecule has 0 heterocycles. The van der Waals surface area contributed by atoms with Crippen molar-refractivity contribution in [3.63, 3.8) is 0 Å². The smallest absolute Gasteiger partial charge is 0.0534 e. The predicted molar refractivity (Wildman–Crippen MR) is 51.2 cm³/mol. The molecule has 3 heteroatoms. The van der Waals surface area contributed by atoms with Crippen LogP contribution in [0.2, 0.25) is 5.02 Å². The number of nitrogen functional groups attached to an aromatic ring is 1. The van der Waals surface area contributed by atoms with E-state index in [0.29, 0.717) is 5.92 Å². The van der Waals surface area contributed by atoms with E-state index >= 15 is 0 Å². The largest absolute Gasteiger partial charge is 0.324 e. The number of hydrogen-bond acceptors (Lipinski definition) is 2. The van der Waals surface area contributed by atoms with Gasteiger partial charge in [-0.05, 0) is 36.5 Å². The molecule has 2 rings (SSSR count). The molecule has 0 bridgehead atoms. The van der Waals surface area contributed by atoms with Crippen LogP contribution in [0.15, 0.2) is 18.2 Å². The van der Waals surface area contributed by atoms with Crippen molar-refractivity contribution < 1.29 is 0 Å². The van der Waals surface area contributed by atoms with Gasteiger partial charge < -0.3 is 5.43 Å². The molecule has 0 aromatic heterocycles. The molecule has 0 unspecified atom stereocenters. The van der Waals surface area contributed by atoms with Gasteiger partial charge in [0.15, 0.2) is 0 Å². The van der Waals surface area contributed by atoms with Gasteiger partial charge in [-0.25, -0.2) is 0 Å². The number of anilines is 1. The maximum absolute atomic E-state index is 5.83. The van der Waals surface area contributed by atoms with Crippen LogP contribution in [0.3, 0.4) is 0 Å². The lowest BCUT2D eigenvalue weighted by Gasteiger charge is -2.07. The van der Waals surface area contributed by atoms with Gasteiger partial charge in [-0.1, -0.05) is 17.7 Å². The Morgan fingerprint density at radius 2 is 2.17 bits per heavy atom. The zero-order chi connectivity index (χ0) is 8.55. The molecular weight excluding hydrogens is 172 g/mol. The molecule has 0 amide bonds. The third-order valence-corrected chi connectivity index (χ3v) is 2.42.